The lowest BCUT2D eigenvalue weighted by Crippen LogP contribution is -2.34. The first-order valence-electron chi connectivity index (χ1n) is 5.90. The maximum absolute atomic E-state index is 9.90. The molecule has 0 aliphatic carbocycles. The molecule has 1 aliphatic rings. The Morgan fingerprint density at radius 3 is 2.88 bits per heavy atom. The Bertz CT molecular complexity index is 356. The van der Waals surface area contributed by atoms with Crippen molar-refractivity contribution in [2.24, 2.45) is 5.92 Å². The van der Waals surface area contributed by atoms with Crippen molar-refractivity contribution in [2.75, 3.05) is 18.0 Å². The summed E-state index contributed by atoms with van der Waals surface area (Å²) in [7, 11) is 0. The molecule has 0 amide bonds. The first kappa shape index (κ1) is 11.9. The van der Waals surface area contributed by atoms with E-state index in [4.69, 9.17) is 0 Å². The number of anilines is 1. The smallest absolute Gasteiger partial charge is 0.185 e. The van der Waals surface area contributed by atoms with Gasteiger partial charge in [0.05, 0.1) is 10.5 Å². The van der Waals surface area contributed by atoms with Crippen LogP contribution in [0.1, 0.15) is 38.5 Å². The highest BCUT2D eigenvalue weighted by Crippen LogP contribution is 2.32. The first-order chi connectivity index (χ1) is 7.47. The van der Waals surface area contributed by atoms with E-state index >= 15 is 0 Å². The van der Waals surface area contributed by atoms with Crippen molar-refractivity contribution in [1.82, 2.24) is 4.98 Å². The topological polar surface area (TPSA) is 36.4 Å². The third-order valence-electron chi connectivity index (χ3n) is 3.02. The molecule has 1 aromatic heterocycles. The van der Waals surface area contributed by atoms with Gasteiger partial charge in [0.1, 0.15) is 0 Å². The molecule has 0 aromatic carbocycles. The van der Waals surface area contributed by atoms with Crippen LogP contribution in [0.3, 0.4) is 0 Å². The average molecular weight is 240 g/mol. The number of hydrogen-bond acceptors (Lipinski definition) is 4. The Morgan fingerprint density at radius 1 is 1.56 bits per heavy atom. The molecule has 0 spiro atoms. The van der Waals surface area contributed by atoms with E-state index in [9.17, 15) is 5.11 Å². The number of aromatic nitrogens is 1. The van der Waals surface area contributed by atoms with Gasteiger partial charge < -0.3 is 10.0 Å². The van der Waals surface area contributed by atoms with Gasteiger partial charge in [-0.3, -0.25) is 0 Å². The minimum absolute atomic E-state index is 0.753. The fraction of sp³-hybridized carbons (Fsp3) is 0.750. The van der Waals surface area contributed by atoms with Crippen molar-refractivity contribution in [2.45, 2.75) is 39.2 Å². The Kier molecular flexibility index (Phi) is 3.22. The molecule has 0 radical (unpaired) electrons. The summed E-state index contributed by atoms with van der Waals surface area (Å²) in [6, 6.07) is 0. The van der Waals surface area contributed by atoms with Crippen LogP contribution in [-0.2, 0) is 5.60 Å². The summed E-state index contributed by atoms with van der Waals surface area (Å²) < 4.78 is 0. The van der Waals surface area contributed by atoms with E-state index in [0.717, 1.165) is 29.0 Å². The molecule has 1 saturated heterocycles. The predicted octanol–water partition coefficient (Wildman–Crippen LogP) is 2.61. The SMILES string of the molecule is CC1CCCN(c2ncc(C(C)(C)O)s2)C1. The number of aliphatic hydroxyl groups is 1. The molecular formula is C12H20N2OS. The van der Waals surface area contributed by atoms with E-state index in [2.05, 4.69) is 16.8 Å². The molecule has 1 aromatic rings. The summed E-state index contributed by atoms with van der Waals surface area (Å²) in [5.74, 6) is 0.753. The van der Waals surface area contributed by atoms with Gasteiger partial charge in [0.25, 0.3) is 0 Å². The van der Waals surface area contributed by atoms with E-state index in [0.29, 0.717) is 0 Å². The van der Waals surface area contributed by atoms with Crippen LogP contribution < -0.4 is 4.90 Å². The van der Waals surface area contributed by atoms with E-state index < -0.39 is 5.60 Å². The number of rotatable bonds is 2. The molecule has 1 unspecified atom stereocenters. The molecule has 4 heteroatoms. The van der Waals surface area contributed by atoms with Gasteiger partial charge in [0.2, 0.25) is 0 Å². The van der Waals surface area contributed by atoms with Crippen molar-refractivity contribution in [3.8, 4) is 0 Å². The highest BCUT2D eigenvalue weighted by atomic mass is 32.1. The Balaban J connectivity index is 2.12. The van der Waals surface area contributed by atoms with Crippen LogP contribution in [0.4, 0.5) is 5.13 Å². The molecular weight excluding hydrogens is 220 g/mol. The van der Waals surface area contributed by atoms with Gasteiger partial charge in [0.15, 0.2) is 5.13 Å². The van der Waals surface area contributed by atoms with Gasteiger partial charge in [0, 0.05) is 19.3 Å². The molecule has 1 aliphatic heterocycles. The first-order valence-corrected chi connectivity index (χ1v) is 6.72. The second-order valence-corrected chi connectivity index (χ2v) is 6.27. The molecule has 90 valence electrons. The van der Waals surface area contributed by atoms with Gasteiger partial charge in [-0.25, -0.2) is 4.98 Å². The molecule has 2 heterocycles. The maximum Gasteiger partial charge on any atom is 0.185 e. The average Bonchev–Trinajstić information content (AvgIpc) is 2.65. The molecule has 16 heavy (non-hydrogen) atoms. The van der Waals surface area contributed by atoms with Crippen LogP contribution in [0.5, 0.6) is 0 Å². The monoisotopic (exact) mass is 240 g/mol. The van der Waals surface area contributed by atoms with Crippen LogP contribution in [0.25, 0.3) is 0 Å². The predicted molar refractivity (Wildman–Crippen MR) is 68.0 cm³/mol. The van der Waals surface area contributed by atoms with Crippen LogP contribution in [0.15, 0.2) is 6.20 Å². The number of thiazole rings is 1. The molecule has 1 atom stereocenters. The van der Waals surface area contributed by atoms with Crippen LogP contribution >= 0.6 is 11.3 Å². The maximum atomic E-state index is 9.90. The molecule has 1 N–H and O–H groups in total. The van der Waals surface area contributed by atoms with Crippen molar-refractivity contribution in [1.29, 1.82) is 0 Å². The van der Waals surface area contributed by atoms with Crippen LogP contribution in [0, 0.1) is 5.92 Å². The molecule has 0 bridgehead atoms. The van der Waals surface area contributed by atoms with E-state index in [1.54, 1.807) is 17.5 Å². The summed E-state index contributed by atoms with van der Waals surface area (Å²) in [4.78, 5) is 7.71. The zero-order chi connectivity index (χ0) is 11.8. The highest BCUT2D eigenvalue weighted by Gasteiger charge is 2.23. The van der Waals surface area contributed by atoms with Crippen molar-refractivity contribution >= 4 is 16.5 Å². The lowest BCUT2D eigenvalue weighted by molar-refractivity contribution is 0.0823. The summed E-state index contributed by atoms with van der Waals surface area (Å²) in [6.07, 6.45) is 4.37. The lowest BCUT2D eigenvalue weighted by Gasteiger charge is -2.30. The van der Waals surface area contributed by atoms with Crippen LogP contribution in [-0.4, -0.2) is 23.2 Å². The number of piperidine rings is 1. The van der Waals surface area contributed by atoms with Gasteiger partial charge in [-0.1, -0.05) is 18.3 Å². The van der Waals surface area contributed by atoms with Gasteiger partial charge in [-0.2, -0.15) is 0 Å². The van der Waals surface area contributed by atoms with Crippen molar-refractivity contribution < 1.29 is 5.11 Å². The van der Waals surface area contributed by atoms with E-state index in [-0.39, 0.29) is 0 Å². The molecule has 2 rings (SSSR count). The summed E-state index contributed by atoms with van der Waals surface area (Å²) >= 11 is 1.61. The van der Waals surface area contributed by atoms with Gasteiger partial charge >= 0.3 is 0 Å². The second kappa shape index (κ2) is 4.34. The van der Waals surface area contributed by atoms with Gasteiger partial charge in [-0.05, 0) is 32.6 Å². The zero-order valence-electron chi connectivity index (χ0n) is 10.2. The third kappa shape index (κ3) is 2.55. The third-order valence-corrected chi connectivity index (χ3v) is 4.40. The summed E-state index contributed by atoms with van der Waals surface area (Å²) in [5, 5.41) is 11.0. The van der Waals surface area contributed by atoms with Crippen molar-refractivity contribution in [3.63, 3.8) is 0 Å². The Hall–Kier alpha value is -0.610. The van der Waals surface area contributed by atoms with E-state index in [1.807, 2.05) is 13.8 Å². The standard InChI is InChI=1S/C12H20N2OS/c1-9-5-4-6-14(8-9)11-13-7-10(16-11)12(2,3)15/h7,9,15H,4-6,8H2,1-3H3. The van der Waals surface area contributed by atoms with Gasteiger partial charge in [-0.15, -0.1) is 0 Å². The van der Waals surface area contributed by atoms with E-state index in [1.165, 1.54) is 12.8 Å². The Morgan fingerprint density at radius 2 is 2.31 bits per heavy atom. The Labute approximate surface area is 101 Å². The number of nitrogens with zero attached hydrogens (tertiary/aromatic N) is 2. The summed E-state index contributed by atoms with van der Waals surface area (Å²) in [6.45, 7) is 8.10. The number of hydrogen-bond donors (Lipinski definition) is 1. The fourth-order valence-electron chi connectivity index (χ4n) is 2.06. The minimum Gasteiger partial charge on any atom is -0.385 e. The molecule has 3 nitrogen and oxygen atoms in total. The summed E-state index contributed by atoms with van der Waals surface area (Å²) in [5.41, 5.74) is -0.767. The fourth-order valence-corrected chi connectivity index (χ4v) is 3.01. The van der Waals surface area contributed by atoms with Crippen LogP contribution in [0.2, 0.25) is 0 Å². The normalized spacial score (nSPS) is 22.5. The largest absolute Gasteiger partial charge is 0.385 e. The lowest BCUT2D eigenvalue weighted by atomic mass is 10.0. The van der Waals surface area contributed by atoms with Crippen molar-refractivity contribution in [3.05, 3.63) is 11.1 Å². The highest BCUT2D eigenvalue weighted by molar-refractivity contribution is 7.15. The zero-order valence-corrected chi connectivity index (χ0v) is 11.0. The second-order valence-electron chi connectivity index (χ2n) is 5.26. The molecule has 1 fully saturated rings. The quantitative estimate of drug-likeness (QED) is 0.863. The minimum atomic E-state index is -0.767. The molecule has 0 saturated carbocycles.